The third-order valence-corrected chi connectivity index (χ3v) is 3.63. The fourth-order valence-corrected chi connectivity index (χ4v) is 2.62. The second-order valence-electron chi connectivity index (χ2n) is 4.55. The number of nitrogens with zero attached hydrogens (tertiary/aromatic N) is 1. The number of hydrogen-bond acceptors (Lipinski definition) is 3. The molecular formula is C14H21BrN2O. The molecule has 0 spiro atoms. The van der Waals surface area contributed by atoms with E-state index in [1.807, 2.05) is 0 Å². The molecule has 0 amide bonds. The second kappa shape index (κ2) is 7.12. The molecule has 1 heterocycles. The van der Waals surface area contributed by atoms with Crippen LogP contribution in [0, 0.1) is 0 Å². The Bertz CT molecular complexity index is 378. The van der Waals surface area contributed by atoms with Crippen LogP contribution < -0.4 is 10.2 Å². The topological polar surface area (TPSA) is 24.5 Å². The lowest BCUT2D eigenvalue weighted by Gasteiger charge is -2.30. The maximum atomic E-state index is 5.42. The van der Waals surface area contributed by atoms with Crippen molar-refractivity contribution in [1.82, 2.24) is 5.32 Å². The molecule has 3 nitrogen and oxygen atoms in total. The first-order valence-corrected chi connectivity index (χ1v) is 7.42. The van der Waals surface area contributed by atoms with Crippen molar-refractivity contribution in [2.45, 2.75) is 19.9 Å². The Balaban J connectivity index is 2.11. The van der Waals surface area contributed by atoms with Crippen LogP contribution in [0.25, 0.3) is 0 Å². The van der Waals surface area contributed by atoms with Crippen molar-refractivity contribution >= 4 is 21.6 Å². The lowest BCUT2D eigenvalue weighted by atomic mass is 10.1. The number of morpholine rings is 1. The molecule has 0 bridgehead atoms. The summed E-state index contributed by atoms with van der Waals surface area (Å²) in [6.45, 7) is 7.83. The molecule has 1 aromatic rings. The fourth-order valence-electron chi connectivity index (χ4n) is 2.21. The Kier molecular flexibility index (Phi) is 5.47. The Morgan fingerprint density at radius 2 is 2.11 bits per heavy atom. The lowest BCUT2D eigenvalue weighted by Crippen LogP contribution is -2.37. The molecule has 0 aliphatic carbocycles. The SMILES string of the molecule is CCCNCc1cc(Br)ccc1N1CCOCC1. The number of benzene rings is 1. The third-order valence-electron chi connectivity index (χ3n) is 3.14. The summed E-state index contributed by atoms with van der Waals surface area (Å²) in [6.07, 6.45) is 1.17. The minimum absolute atomic E-state index is 0.831. The zero-order valence-electron chi connectivity index (χ0n) is 10.9. The molecule has 0 radical (unpaired) electrons. The van der Waals surface area contributed by atoms with Gasteiger partial charge in [-0.2, -0.15) is 0 Å². The van der Waals surface area contributed by atoms with E-state index in [1.165, 1.54) is 17.7 Å². The van der Waals surface area contributed by atoms with Gasteiger partial charge in [0.2, 0.25) is 0 Å². The van der Waals surface area contributed by atoms with E-state index in [0.29, 0.717) is 0 Å². The minimum Gasteiger partial charge on any atom is -0.378 e. The molecule has 1 aromatic carbocycles. The molecule has 4 heteroatoms. The van der Waals surface area contributed by atoms with Gasteiger partial charge < -0.3 is 15.0 Å². The van der Waals surface area contributed by atoms with Crippen LogP contribution in [0.4, 0.5) is 5.69 Å². The van der Waals surface area contributed by atoms with Crippen LogP contribution in [-0.4, -0.2) is 32.8 Å². The normalized spacial score (nSPS) is 16.0. The summed E-state index contributed by atoms with van der Waals surface area (Å²) in [4.78, 5) is 2.42. The minimum atomic E-state index is 0.831. The van der Waals surface area contributed by atoms with Crippen molar-refractivity contribution < 1.29 is 4.74 Å². The van der Waals surface area contributed by atoms with Gasteiger partial charge in [0.25, 0.3) is 0 Å². The molecule has 1 fully saturated rings. The lowest BCUT2D eigenvalue weighted by molar-refractivity contribution is 0.122. The smallest absolute Gasteiger partial charge is 0.0642 e. The van der Waals surface area contributed by atoms with Crippen LogP contribution >= 0.6 is 15.9 Å². The van der Waals surface area contributed by atoms with E-state index in [-0.39, 0.29) is 0 Å². The van der Waals surface area contributed by atoms with Gasteiger partial charge in [-0.05, 0) is 36.7 Å². The summed E-state index contributed by atoms with van der Waals surface area (Å²) in [7, 11) is 0. The first-order valence-electron chi connectivity index (χ1n) is 6.63. The molecule has 2 rings (SSSR count). The first-order chi connectivity index (χ1) is 8.81. The predicted octanol–water partition coefficient (Wildman–Crippen LogP) is 2.79. The Labute approximate surface area is 118 Å². The second-order valence-corrected chi connectivity index (χ2v) is 5.46. The van der Waals surface area contributed by atoms with Crippen LogP contribution in [0.1, 0.15) is 18.9 Å². The zero-order chi connectivity index (χ0) is 12.8. The maximum Gasteiger partial charge on any atom is 0.0642 e. The van der Waals surface area contributed by atoms with Crippen molar-refractivity contribution in [2.24, 2.45) is 0 Å². The molecule has 0 aromatic heterocycles. The number of hydrogen-bond donors (Lipinski definition) is 1. The zero-order valence-corrected chi connectivity index (χ0v) is 12.5. The molecule has 1 aliphatic rings. The number of anilines is 1. The van der Waals surface area contributed by atoms with Gasteiger partial charge in [-0.3, -0.25) is 0 Å². The van der Waals surface area contributed by atoms with E-state index in [2.05, 4.69) is 51.3 Å². The third kappa shape index (κ3) is 3.70. The summed E-state index contributed by atoms with van der Waals surface area (Å²) in [5.41, 5.74) is 2.70. The van der Waals surface area contributed by atoms with Gasteiger partial charge in [-0.1, -0.05) is 22.9 Å². The number of halogens is 1. The van der Waals surface area contributed by atoms with E-state index in [1.54, 1.807) is 0 Å². The number of ether oxygens (including phenoxy) is 1. The molecule has 0 atom stereocenters. The maximum absolute atomic E-state index is 5.42. The Morgan fingerprint density at radius 1 is 1.33 bits per heavy atom. The summed E-state index contributed by atoms with van der Waals surface area (Å²) in [5, 5.41) is 3.48. The van der Waals surface area contributed by atoms with Gasteiger partial charge in [-0.15, -0.1) is 0 Å². The molecule has 0 unspecified atom stereocenters. The van der Waals surface area contributed by atoms with Gasteiger partial charge in [0.15, 0.2) is 0 Å². The highest BCUT2D eigenvalue weighted by Crippen LogP contribution is 2.25. The van der Waals surface area contributed by atoms with Gasteiger partial charge >= 0.3 is 0 Å². The first kappa shape index (κ1) is 13.8. The van der Waals surface area contributed by atoms with Gasteiger partial charge in [0.1, 0.15) is 0 Å². The van der Waals surface area contributed by atoms with E-state index in [0.717, 1.165) is 43.9 Å². The van der Waals surface area contributed by atoms with E-state index in [9.17, 15) is 0 Å². The highest BCUT2D eigenvalue weighted by atomic mass is 79.9. The average molecular weight is 313 g/mol. The van der Waals surface area contributed by atoms with Crippen LogP contribution in [0.2, 0.25) is 0 Å². The predicted molar refractivity (Wildman–Crippen MR) is 79.2 cm³/mol. The highest BCUT2D eigenvalue weighted by molar-refractivity contribution is 9.10. The van der Waals surface area contributed by atoms with Crippen molar-refractivity contribution in [3.8, 4) is 0 Å². The molecule has 0 saturated carbocycles. The quantitative estimate of drug-likeness (QED) is 0.846. The van der Waals surface area contributed by atoms with Crippen LogP contribution in [0.15, 0.2) is 22.7 Å². The van der Waals surface area contributed by atoms with Crippen LogP contribution in [0.5, 0.6) is 0 Å². The average Bonchev–Trinajstić information content (AvgIpc) is 2.40. The molecule has 1 N–H and O–H groups in total. The Morgan fingerprint density at radius 3 is 2.83 bits per heavy atom. The Hall–Kier alpha value is -0.580. The molecular weight excluding hydrogens is 292 g/mol. The number of rotatable bonds is 5. The molecule has 18 heavy (non-hydrogen) atoms. The summed E-state index contributed by atoms with van der Waals surface area (Å²) < 4.78 is 6.56. The summed E-state index contributed by atoms with van der Waals surface area (Å²) in [5.74, 6) is 0. The van der Waals surface area contributed by atoms with Crippen molar-refractivity contribution in [3.63, 3.8) is 0 Å². The van der Waals surface area contributed by atoms with Gasteiger partial charge in [0.05, 0.1) is 13.2 Å². The van der Waals surface area contributed by atoms with Crippen molar-refractivity contribution in [3.05, 3.63) is 28.2 Å². The van der Waals surface area contributed by atoms with Crippen molar-refractivity contribution in [2.75, 3.05) is 37.7 Å². The molecule has 100 valence electrons. The summed E-state index contributed by atoms with van der Waals surface area (Å²) in [6, 6.07) is 6.54. The largest absolute Gasteiger partial charge is 0.378 e. The summed E-state index contributed by atoms with van der Waals surface area (Å²) >= 11 is 3.56. The monoisotopic (exact) mass is 312 g/mol. The number of nitrogens with one attached hydrogen (secondary N) is 1. The highest BCUT2D eigenvalue weighted by Gasteiger charge is 2.14. The molecule has 1 saturated heterocycles. The van der Waals surface area contributed by atoms with E-state index in [4.69, 9.17) is 4.74 Å². The van der Waals surface area contributed by atoms with Gasteiger partial charge in [0, 0.05) is 29.8 Å². The molecule has 1 aliphatic heterocycles. The van der Waals surface area contributed by atoms with Gasteiger partial charge in [-0.25, -0.2) is 0 Å². The van der Waals surface area contributed by atoms with E-state index < -0.39 is 0 Å². The van der Waals surface area contributed by atoms with Crippen LogP contribution in [-0.2, 0) is 11.3 Å². The fraction of sp³-hybridized carbons (Fsp3) is 0.571. The standard InChI is InChI=1S/C14H21BrN2O/c1-2-5-16-11-12-10-13(15)3-4-14(12)17-6-8-18-9-7-17/h3-4,10,16H,2,5-9,11H2,1H3. The van der Waals surface area contributed by atoms with Crippen LogP contribution in [0.3, 0.4) is 0 Å². The van der Waals surface area contributed by atoms with Crippen molar-refractivity contribution in [1.29, 1.82) is 0 Å². The van der Waals surface area contributed by atoms with E-state index >= 15 is 0 Å².